The molecule has 1 aromatic rings. The van der Waals surface area contributed by atoms with E-state index in [0.29, 0.717) is 23.0 Å². The quantitative estimate of drug-likeness (QED) is 0.790. The van der Waals surface area contributed by atoms with Gasteiger partial charge >= 0.3 is 5.97 Å². The van der Waals surface area contributed by atoms with Crippen molar-refractivity contribution in [2.75, 3.05) is 5.32 Å². The second kappa shape index (κ2) is 4.12. The number of amides is 1. The van der Waals surface area contributed by atoms with Crippen LogP contribution in [0.5, 0.6) is 0 Å². The van der Waals surface area contributed by atoms with E-state index >= 15 is 0 Å². The number of nitrogens with two attached hydrogens (primary N) is 1. The van der Waals surface area contributed by atoms with Crippen LogP contribution in [-0.4, -0.2) is 22.5 Å². The molecule has 0 atom stereocenters. The summed E-state index contributed by atoms with van der Waals surface area (Å²) in [5.74, 6) is -1.32. The Kier molecular flexibility index (Phi) is 2.92. The molecule has 0 aliphatic heterocycles. The third kappa shape index (κ3) is 2.48. The fourth-order valence-electron chi connectivity index (χ4n) is 1.36. The predicted octanol–water partition coefficient (Wildman–Crippen LogP) is 1.58. The van der Waals surface area contributed by atoms with Crippen molar-refractivity contribution in [1.82, 2.24) is 0 Å². The number of anilines is 1. The molecule has 2 rings (SSSR count). The molecule has 5 nitrogen and oxygen atoms in total. The second-order valence-corrected chi connectivity index (χ2v) is 4.96. The van der Waals surface area contributed by atoms with Gasteiger partial charge < -0.3 is 16.2 Å². The number of nitrogens with one attached hydrogen (secondary N) is 1. The van der Waals surface area contributed by atoms with Crippen molar-refractivity contribution < 1.29 is 14.7 Å². The van der Waals surface area contributed by atoms with Crippen LogP contribution < -0.4 is 11.1 Å². The van der Waals surface area contributed by atoms with Crippen LogP contribution in [0.15, 0.2) is 22.7 Å². The number of aromatic carboxylic acids is 1. The maximum Gasteiger partial charge on any atom is 0.335 e. The van der Waals surface area contributed by atoms with E-state index < -0.39 is 11.5 Å². The number of hydrogen-bond donors (Lipinski definition) is 3. The smallest absolute Gasteiger partial charge is 0.335 e. The summed E-state index contributed by atoms with van der Waals surface area (Å²) >= 11 is 3.25. The van der Waals surface area contributed by atoms with E-state index in [1.54, 1.807) is 6.07 Å². The lowest BCUT2D eigenvalue weighted by atomic mass is 10.2. The van der Waals surface area contributed by atoms with Crippen molar-refractivity contribution in [2.24, 2.45) is 5.73 Å². The normalized spacial score (nSPS) is 16.4. The van der Waals surface area contributed by atoms with Gasteiger partial charge in [0.25, 0.3) is 0 Å². The largest absolute Gasteiger partial charge is 0.478 e. The molecule has 0 saturated heterocycles. The minimum Gasteiger partial charge on any atom is -0.478 e. The summed E-state index contributed by atoms with van der Waals surface area (Å²) in [5, 5.41) is 11.5. The van der Waals surface area contributed by atoms with Gasteiger partial charge in [0.15, 0.2) is 0 Å². The van der Waals surface area contributed by atoms with Crippen LogP contribution in [0.1, 0.15) is 23.2 Å². The number of benzene rings is 1. The Morgan fingerprint density at radius 2 is 2.06 bits per heavy atom. The topological polar surface area (TPSA) is 92.4 Å². The van der Waals surface area contributed by atoms with E-state index in [0.717, 1.165) is 0 Å². The summed E-state index contributed by atoms with van der Waals surface area (Å²) in [6.45, 7) is 0. The Labute approximate surface area is 106 Å². The monoisotopic (exact) mass is 298 g/mol. The van der Waals surface area contributed by atoms with Gasteiger partial charge in [-0.25, -0.2) is 4.79 Å². The lowest BCUT2D eigenvalue weighted by molar-refractivity contribution is -0.118. The van der Waals surface area contributed by atoms with Crippen molar-refractivity contribution in [3.05, 3.63) is 28.2 Å². The summed E-state index contributed by atoms with van der Waals surface area (Å²) in [6.07, 6.45) is 1.32. The van der Waals surface area contributed by atoms with Crippen molar-refractivity contribution >= 4 is 33.5 Å². The van der Waals surface area contributed by atoms with Crippen LogP contribution >= 0.6 is 15.9 Å². The fraction of sp³-hybridized carbons (Fsp3) is 0.273. The number of carbonyl (C=O) groups excluding carboxylic acids is 1. The predicted molar refractivity (Wildman–Crippen MR) is 65.9 cm³/mol. The molecule has 0 unspecified atom stereocenters. The average Bonchev–Trinajstić information content (AvgIpc) is 3.00. The highest BCUT2D eigenvalue weighted by molar-refractivity contribution is 9.10. The molecule has 1 amide bonds. The maximum atomic E-state index is 11.7. The molecule has 0 aromatic heterocycles. The summed E-state index contributed by atoms with van der Waals surface area (Å²) < 4.78 is 0.625. The van der Waals surface area contributed by atoms with E-state index in [-0.39, 0.29) is 11.5 Å². The molecule has 1 aliphatic rings. The summed E-state index contributed by atoms with van der Waals surface area (Å²) in [4.78, 5) is 22.5. The number of rotatable bonds is 3. The van der Waals surface area contributed by atoms with Crippen LogP contribution in [0.2, 0.25) is 0 Å². The molecular weight excluding hydrogens is 288 g/mol. The van der Waals surface area contributed by atoms with E-state index in [2.05, 4.69) is 21.2 Å². The third-order valence-electron chi connectivity index (χ3n) is 2.70. The molecular formula is C11H11BrN2O3. The maximum absolute atomic E-state index is 11.7. The molecule has 6 heteroatoms. The Morgan fingerprint density at radius 3 is 2.59 bits per heavy atom. The van der Waals surface area contributed by atoms with E-state index in [1.807, 2.05) is 0 Å². The number of carboxylic acids is 1. The second-order valence-electron chi connectivity index (χ2n) is 4.11. The summed E-state index contributed by atoms with van der Waals surface area (Å²) in [5.41, 5.74) is 5.50. The zero-order valence-corrected chi connectivity index (χ0v) is 10.5. The van der Waals surface area contributed by atoms with E-state index in [9.17, 15) is 9.59 Å². The van der Waals surface area contributed by atoms with Crippen LogP contribution in [0.4, 0.5) is 5.69 Å². The van der Waals surface area contributed by atoms with Crippen LogP contribution in [0.25, 0.3) is 0 Å². The first-order valence-electron chi connectivity index (χ1n) is 5.05. The van der Waals surface area contributed by atoms with Gasteiger partial charge in [-0.15, -0.1) is 0 Å². The average molecular weight is 299 g/mol. The highest BCUT2D eigenvalue weighted by Gasteiger charge is 2.46. The highest BCUT2D eigenvalue weighted by Crippen LogP contribution is 2.34. The standard InChI is InChI=1S/C11H11BrN2O3/c12-7-2-1-6(9(15)16)5-8(7)14-10(17)11(13)3-4-11/h1-2,5H,3-4,13H2,(H,14,17)(H,15,16). The molecule has 0 spiro atoms. The van der Waals surface area contributed by atoms with Gasteiger partial charge in [0.05, 0.1) is 16.8 Å². The third-order valence-corrected chi connectivity index (χ3v) is 3.39. The van der Waals surface area contributed by atoms with E-state index in [4.69, 9.17) is 10.8 Å². The number of hydrogen-bond acceptors (Lipinski definition) is 3. The van der Waals surface area contributed by atoms with Gasteiger partial charge in [-0.2, -0.15) is 0 Å². The molecule has 1 aliphatic carbocycles. The molecule has 0 heterocycles. The first-order valence-corrected chi connectivity index (χ1v) is 5.85. The van der Waals surface area contributed by atoms with Crippen molar-refractivity contribution in [1.29, 1.82) is 0 Å². The summed E-state index contributed by atoms with van der Waals surface area (Å²) in [7, 11) is 0. The van der Waals surface area contributed by atoms with Gasteiger partial charge in [0, 0.05) is 4.47 Å². The molecule has 1 saturated carbocycles. The Hall–Kier alpha value is -1.40. The molecule has 1 fully saturated rings. The lowest BCUT2D eigenvalue weighted by Gasteiger charge is -2.12. The number of carboxylic acid groups (broad SMARTS) is 1. The fourth-order valence-corrected chi connectivity index (χ4v) is 1.71. The van der Waals surface area contributed by atoms with Crippen molar-refractivity contribution in [3.8, 4) is 0 Å². The Morgan fingerprint density at radius 1 is 1.41 bits per heavy atom. The van der Waals surface area contributed by atoms with Crippen molar-refractivity contribution in [2.45, 2.75) is 18.4 Å². The van der Waals surface area contributed by atoms with Gasteiger partial charge in [-0.1, -0.05) is 0 Å². The molecule has 4 N–H and O–H groups in total. The van der Waals surface area contributed by atoms with Gasteiger partial charge in [0.1, 0.15) is 0 Å². The SMILES string of the molecule is NC1(C(=O)Nc2cc(C(=O)O)ccc2Br)CC1. The molecule has 1 aromatic carbocycles. The van der Waals surface area contributed by atoms with Gasteiger partial charge in [-0.3, -0.25) is 4.79 Å². The van der Waals surface area contributed by atoms with E-state index in [1.165, 1.54) is 12.1 Å². The van der Waals surface area contributed by atoms with Crippen LogP contribution in [0.3, 0.4) is 0 Å². The van der Waals surface area contributed by atoms with Crippen LogP contribution in [0, 0.1) is 0 Å². The van der Waals surface area contributed by atoms with Crippen molar-refractivity contribution in [3.63, 3.8) is 0 Å². The molecule has 90 valence electrons. The van der Waals surface area contributed by atoms with Gasteiger partial charge in [0.2, 0.25) is 5.91 Å². The van der Waals surface area contributed by atoms with Crippen LogP contribution in [-0.2, 0) is 4.79 Å². The minimum atomic E-state index is -1.04. The first-order chi connectivity index (χ1) is 7.92. The Balaban J connectivity index is 2.22. The Bertz CT molecular complexity index is 497. The summed E-state index contributed by atoms with van der Waals surface area (Å²) in [6, 6.07) is 4.43. The lowest BCUT2D eigenvalue weighted by Crippen LogP contribution is -2.37. The highest BCUT2D eigenvalue weighted by atomic mass is 79.9. The number of carbonyl (C=O) groups is 2. The number of halogens is 1. The van der Waals surface area contributed by atoms with Gasteiger partial charge in [-0.05, 0) is 47.0 Å². The zero-order chi connectivity index (χ0) is 12.6. The molecule has 17 heavy (non-hydrogen) atoms. The molecule has 0 radical (unpaired) electrons. The zero-order valence-electron chi connectivity index (χ0n) is 8.87. The first kappa shape index (κ1) is 12.1. The minimum absolute atomic E-state index is 0.116. The molecule has 0 bridgehead atoms.